The summed E-state index contributed by atoms with van der Waals surface area (Å²) in [5.41, 5.74) is 1.85. The van der Waals surface area contributed by atoms with Crippen LogP contribution in [0.15, 0.2) is 40.4 Å². The summed E-state index contributed by atoms with van der Waals surface area (Å²) >= 11 is 2.01. The number of hydrogen-bond donors (Lipinski definition) is 2. The van der Waals surface area contributed by atoms with Crippen molar-refractivity contribution in [1.82, 2.24) is 10.6 Å². The Bertz CT molecular complexity index is 724. The van der Waals surface area contributed by atoms with Crippen LogP contribution in [0.1, 0.15) is 19.8 Å². The van der Waals surface area contributed by atoms with Crippen LogP contribution < -0.4 is 10.6 Å². The van der Waals surface area contributed by atoms with Crippen LogP contribution in [0, 0.1) is 0 Å². The average molecular weight is 354 g/mol. The SMILES string of the molecule is CS(=O)(=O)c1ccc(C2=CNCC(=NC[C@H]3CCCS3)N2)cc1.[HH]. The highest BCUT2D eigenvalue weighted by Crippen LogP contribution is 2.26. The Balaban J connectivity index is 0.00000208. The van der Waals surface area contributed by atoms with E-state index in [0.717, 1.165) is 23.6 Å². The molecule has 1 aromatic rings. The molecule has 0 bridgehead atoms. The van der Waals surface area contributed by atoms with E-state index in [2.05, 4.69) is 15.6 Å². The monoisotopic (exact) mass is 353 g/mol. The Morgan fingerprint density at radius 2 is 2.13 bits per heavy atom. The molecule has 1 atom stereocenters. The minimum atomic E-state index is -3.16. The third-order valence-corrected chi connectivity index (χ3v) is 6.41. The van der Waals surface area contributed by atoms with E-state index in [0.29, 0.717) is 16.7 Å². The lowest BCUT2D eigenvalue weighted by molar-refractivity contribution is 0.602. The molecule has 1 aromatic carbocycles. The van der Waals surface area contributed by atoms with Crippen LogP contribution in [0.2, 0.25) is 0 Å². The smallest absolute Gasteiger partial charge is 0.175 e. The Hall–Kier alpha value is -1.47. The number of thioether (sulfide) groups is 1. The predicted molar refractivity (Wildman–Crippen MR) is 98.6 cm³/mol. The lowest BCUT2D eigenvalue weighted by Gasteiger charge is -2.20. The second kappa shape index (κ2) is 6.97. The first-order chi connectivity index (χ1) is 11.0. The zero-order valence-electron chi connectivity index (χ0n) is 13.1. The number of hydrogen-bond acceptors (Lipinski definition) is 5. The van der Waals surface area contributed by atoms with Gasteiger partial charge in [-0.1, -0.05) is 12.1 Å². The lowest BCUT2D eigenvalue weighted by Crippen LogP contribution is -2.37. The second-order valence-electron chi connectivity index (χ2n) is 5.78. The molecule has 5 nitrogen and oxygen atoms in total. The highest BCUT2D eigenvalue weighted by atomic mass is 32.2. The fourth-order valence-electron chi connectivity index (χ4n) is 2.62. The van der Waals surface area contributed by atoms with Gasteiger partial charge >= 0.3 is 0 Å². The summed E-state index contributed by atoms with van der Waals surface area (Å²) in [4.78, 5) is 5.01. The molecule has 3 rings (SSSR count). The number of sulfone groups is 1. The lowest BCUT2D eigenvalue weighted by atomic mass is 10.1. The fourth-order valence-corrected chi connectivity index (χ4v) is 4.43. The molecule has 1 saturated heterocycles. The van der Waals surface area contributed by atoms with Crippen molar-refractivity contribution < 1.29 is 9.84 Å². The fraction of sp³-hybridized carbons (Fsp3) is 0.438. The van der Waals surface area contributed by atoms with Crippen LogP contribution in [0.25, 0.3) is 5.70 Å². The van der Waals surface area contributed by atoms with Crippen LogP contribution in [0.5, 0.6) is 0 Å². The Morgan fingerprint density at radius 1 is 1.35 bits per heavy atom. The maximum absolute atomic E-state index is 11.5. The van der Waals surface area contributed by atoms with Crippen LogP contribution in [0.4, 0.5) is 0 Å². The summed E-state index contributed by atoms with van der Waals surface area (Å²) in [7, 11) is -3.16. The molecule has 0 aliphatic carbocycles. The highest BCUT2D eigenvalue weighted by Gasteiger charge is 2.16. The normalized spacial score (nSPS) is 23.3. The van der Waals surface area contributed by atoms with Crippen LogP contribution in [-0.2, 0) is 9.84 Å². The first kappa shape index (κ1) is 16.4. The number of rotatable bonds is 4. The molecule has 7 heteroatoms. The molecule has 23 heavy (non-hydrogen) atoms. The summed E-state index contributed by atoms with van der Waals surface area (Å²) < 4.78 is 23.0. The molecule has 0 radical (unpaired) electrons. The van der Waals surface area contributed by atoms with Crippen molar-refractivity contribution in [3.63, 3.8) is 0 Å². The van der Waals surface area contributed by atoms with E-state index in [4.69, 9.17) is 0 Å². The van der Waals surface area contributed by atoms with Crippen molar-refractivity contribution in [2.24, 2.45) is 4.99 Å². The number of nitrogens with one attached hydrogen (secondary N) is 2. The van der Waals surface area contributed by atoms with Crippen molar-refractivity contribution in [1.29, 1.82) is 0 Å². The molecule has 0 saturated carbocycles. The summed E-state index contributed by atoms with van der Waals surface area (Å²) in [5, 5.41) is 7.21. The number of amidine groups is 1. The molecule has 0 unspecified atom stereocenters. The Morgan fingerprint density at radius 3 is 2.78 bits per heavy atom. The third kappa shape index (κ3) is 4.29. The zero-order chi connectivity index (χ0) is 16.3. The standard InChI is InChI=1S/C16H21N3O2S2.H2/c1-23(20,21)14-6-4-12(5-7-14)15-10-17-11-16(19-15)18-9-13-3-2-8-22-13;/h4-7,10,13,17H,2-3,8-9,11H2,1H3,(H,18,19);1H/t13-;/m1./s1. The average Bonchev–Trinajstić information content (AvgIpc) is 3.06. The van der Waals surface area contributed by atoms with Gasteiger partial charge in [0.05, 0.1) is 23.7 Å². The van der Waals surface area contributed by atoms with Crippen molar-refractivity contribution in [2.45, 2.75) is 23.0 Å². The minimum Gasteiger partial charge on any atom is -0.382 e. The van der Waals surface area contributed by atoms with Gasteiger partial charge in [0.2, 0.25) is 0 Å². The summed E-state index contributed by atoms with van der Waals surface area (Å²) in [6, 6.07) is 6.89. The minimum absolute atomic E-state index is 0. The molecule has 2 N–H and O–H groups in total. The Kier molecular flexibility index (Phi) is 4.96. The topological polar surface area (TPSA) is 70.6 Å². The summed E-state index contributed by atoms with van der Waals surface area (Å²) in [5.74, 6) is 2.18. The molecule has 0 aromatic heterocycles. The van der Waals surface area contributed by atoms with Gasteiger partial charge in [0, 0.05) is 19.1 Å². The first-order valence-corrected chi connectivity index (χ1v) is 10.6. The van der Waals surface area contributed by atoms with E-state index >= 15 is 0 Å². The van der Waals surface area contributed by atoms with Crippen LogP contribution in [0.3, 0.4) is 0 Å². The van der Waals surface area contributed by atoms with Gasteiger partial charge < -0.3 is 10.6 Å². The molecule has 2 aliphatic heterocycles. The van der Waals surface area contributed by atoms with Gasteiger partial charge in [-0.15, -0.1) is 0 Å². The third-order valence-electron chi connectivity index (χ3n) is 3.90. The maximum atomic E-state index is 11.5. The quantitative estimate of drug-likeness (QED) is 0.868. The van der Waals surface area contributed by atoms with Gasteiger partial charge in [-0.3, -0.25) is 4.99 Å². The van der Waals surface area contributed by atoms with Gasteiger partial charge in [-0.05, 0) is 36.3 Å². The van der Waals surface area contributed by atoms with E-state index in [9.17, 15) is 8.42 Å². The van der Waals surface area contributed by atoms with Crippen LogP contribution >= 0.6 is 11.8 Å². The predicted octanol–water partition coefficient (Wildman–Crippen LogP) is 2.12. The van der Waals surface area contributed by atoms with E-state index in [1.54, 1.807) is 12.1 Å². The van der Waals surface area contributed by atoms with Crippen LogP contribution in [-0.4, -0.2) is 44.6 Å². The van der Waals surface area contributed by atoms with Crippen molar-refractivity contribution in [3.05, 3.63) is 36.0 Å². The summed E-state index contributed by atoms with van der Waals surface area (Å²) in [6.07, 6.45) is 5.67. The maximum Gasteiger partial charge on any atom is 0.175 e. The van der Waals surface area contributed by atoms with Gasteiger partial charge in [0.15, 0.2) is 9.84 Å². The van der Waals surface area contributed by atoms with Gasteiger partial charge in [-0.2, -0.15) is 11.8 Å². The highest BCUT2D eigenvalue weighted by molar-refractivity contribution is 8.00. The molecule has 2 heterocycles. The van der Waals surface area contributed by atoms with Gasteiger partial charge in [0.1, 0.15) is 5.84 Å². The molecule has 126 valence electrons. The summed E-state index contributed by atoms with van der Waals surface area (Å²) in [6.45, 7) is 1.55. The number of benzene rings is 1. The van der Waals surface area contributed by atoms with Crippen molar-refractivity contribution >= 4 is 33.1 Å². The van der Waals surface area contributed by atoms with Crippen molar-refractivity contribution in [2.75, 3.05) is 25.1 Å². The van der Waals surface area contributed by atoms with E-state index in [1.807, 2.05) is 30.1 Å². The molecule has 2 aliphatic rings. The van der Waals surface area contributed by atoms with Gasteiger partial charge in [-0.25, -0.2) is 8.42 Å². The molecular formula is C16H23N3O2S2. The van der Waals surface area contributed by atoms with Gasteiger partial charge in [0.25, 0.3) is 0 Å². The van der Waals surface area contributed by atoms with Crippen molar-refractivity contribution in [3.8, 4) is 0 Å². The molecule has 0 amide bonds. The Labute approximate surface area is 143 Å². The number of aliphatic imine (C=N–C) groups is 1. The van der Waals surface area contributed by atoms with E-state index in [-0.39, 0.29) is 1.43 Å². The molecule has 1 fully saturated rings. The zero-order valence-corrected chi connectivity index (χ0v) is 14.7. The van der Waals surface area contributed by atoms with E-state index < -0.39 is 9.84 Å². The first-order valence-electron chi connectivity index (χ1n) is 7.68. The largest absolute Gasteiger partial charge is 0.382 e. The molecule has 0 spiro atoms. The number of nitrogens with zero attached hydrogens (tertiary/aromatic N) is 1. The second-order valence-corrected chi connectivity index (χ2v) is 9.21. The molecular weight excluding hydrogens is 330 g/mol. The van der Waals surface area contributed by atoms with E-state index in [1.165, 1.54) is 24.9 Å².